The summed E-state index contributed by atoms with van der Waals surface area (Å²) in [5.74, 6) is -0.223. The van der Waals surface area contributed by atoms with E-state index in [1.165, 1.54) is 63.0 Å². The Labute approximate surface area is 190 Å². The number of unbranched alkanes of at least 4 members (excludes halogenated alkanes) is 9. The minimum Gasteiger partial charge on any atom is -0.458 e. The fraction of sp³-hybridized carbons (Fsp3) is 0.571. The van der Waals surface area contributed by atoms with E-state index >= 15 is 0 Å². The maximum absolute atomic E-state index is 11.4. The van der Waals surface area contributed by atoms with E-state index in [-0.39, 0.29) is 12.1 Å². The van der Waals surface area contributed by atoms with Crippen molar-refractivity contribution in [2.45, 2.75) is 103 Å². The quantitative estimate of drug-likeness (QED) is 0.105. The van der Waals surface area contributed by atoms with Gasteiger partial charge in [0.25, 0.3) is 0 Å². The molecule has 0 radical (unpaired) electrons. The number of hydrogen-bond acceptors (Lipinski definition) is 3. The fourth-order valence-corrected chi connectivity index (χ4v) is 3.70. The summed E-state index contributed by atoms with van der Waals surface area (Å²) in [6, 6.07) is 8.36. The number of carbonyl (C=O) groups is 2. The number of benzene rings is 1. The summed E-state index contributed by atoms with van der Waals surface area (Å²) in [4.78, 5) is 21.9. The Morgan fingerprint density at radius 2 is 1.65 bits per heavy atom. The highest BCUT2D eigenvalue weighted by atomic mass is 16.5. The molecule has 0 aliphatic rings. The van der Waals surface area contributed by atoms with Gasteiger partial charge in [-0.05, 0) is 49.3 Å². The minimum absolute atomic E-state index is 0.152. The first kappa shape index (κ1) is 26.9. The molecule has 1 aromatic carbocycles. The highest BCUT2D eigenvalue weighted by Gasteiger charge is 2.07. The average Bonchev–Trinajstić information content (AvgIpc) is 2.76. The summed E-state index contributed by atoms with van der Waals surface area (Å²) < 4.78 is 5.47. The van der Waals surface area contributed by atoms with Crippen LogP contribution in [0.2, 0.25) is 0 Å². The van der Waals surface area contributed by atoms with Crippen LogP contribution in [0.5, 0.6) is 0 Å². The van der Waals surface area contributed by atoms with Crippen molar-refractivity contribution in [2.24, 2.45) is 0 Å². The summed E-state index contributed by atoms with van der Waals surface area (Å²) in [5.41, 5.74) is 2.50. The van der Waals surface area contributed by atoms with E-state index in [1.54, 1.807) is 0 Å². The number of carbonyl (C=O) groups excluding carboxylic acids is 2. The summed E-state index contributed by atoms with van der Waals surface area (Å²) in [5, 5.41) is 0. The number of rotatable bonds is 18. The van der Waals surface area contributed by atoms with E-state index in [1.807, 2.05) is 24.3 Å². The lowest BCUT2D eigenvalue weighted by Gasteiger charge is -2.12. The van der Waals surface area contributed by atoms with Gasteiger partial charge in [-0.2, -0.15) is 0 Å². The molecule has 1 unspecified atom stereocenters. The minimum atomic E-state index is -0.223. The molecule has 3 heteroatoms. The molecular formula is C28H42O3. The Morgan fingerprint density at radius 1 is 0.935 bits per heavy atom. The number of aryl methyl sites for hydroxylation is 1. The monoisotopic (exact) mass is 426 g/mol. The molecular weight excluding hydrogens is 384 g/mol. The molecule has 0 bridgehead atoms. The third-order valence-corrected chi connectivity index (χ3v) is 5.45. The second kappa shape index (κ2) is 18.6. The lowest BCUT2D eigenvalue weighted by Crippen LogP contribution is -2.13. The molecule has 172 valence electrons. The van der Waals surface area contributed by atoms with Crippen molar-refractivity contribution in [1.29, 1.82) is 0 Å². The van der Waals surface area contributed by atoms with Crippen LogP contribution in [0.3, 0.4) is 0 Å². The molecule has 1 atom stereocenters. The van der Waals surface area contributed by atoms with E-state index in [9.17, 15) is 9.59 Å². The van der Waals surface area contributed by atoms with Crippen LogP contribution in [0.1, 0.15) is 102 Å². The number of allylic oxidation sites excluding steroid dienone is 2. The molecule has 0 aromatic heterocycles. The smallest absolute Gasteiger partial charge is 0.303 e. The topological polar surface area (TPSA) is 43.4 Å². The fourth-order valence-electron chi connectivity index (χ4n) is 3.70. The maximum Gasteiger partial charge on any atom is 0.303 e. The lowest BCUT2D eigenvalue weighted by atomic mass is 10.0. The molecule has 0 spiro atoms. The van der Waals surface area contributed by atoms with Crippen LogP contribution in [-0.2, 0) is 20.7 Å². The van der Waals surface area contributed by atoms with Crippen LogP contribution >= 0.6 is 0 Å². The Balaban J connectivity index is 2.46. The average molecular weight is 427 g/mol. The van der Waals surface area contributed by atoms with E-state index in [0.717, 1.165) is 38.4 Å². The maximum atomic E-state index is 11.4. The van der Waals surface area contributed by atoms with Gasteiger partial charge in [0.05, 0.1) is 0 Å². The van der Waals surface area contributed by atoms with Gasteiger partial charge in [-0.3, -0.25) is 4.79 Å². The van der Waals surface area contributed by atoms with Crippen molar-refractivity contribution in [2.75, 3.05) is 0 Å². The van der Waals surface area contributed by atoms with Gasteiger partial charge < -0.3 is 9.53 Å². The highest BCUT2D eigenvalue weighted by molar-refractivity contribution is 5.66. The van der Waals surface area contributed by atoms with Gasteiger partial charge in [0.15, 0.2) is 0 Å². The van der Waals surface area contributed by atoms with Crippen molar-refractivity contribution in [1.82, 2.24) is 0 Å². The predicted molar refractivity (Wildman–Crippen MR) is 131 cm³/mol. The van der Waals surface area contributed by atoms with E-state index in [0.29, 0.717) is 6.42 Å². The number of ether oxygens (including phenoxy) is 1. The standard InChI is InChI=1S/C28H42O3/c1-3-4-5-6-7-8-9-12-22-28(31-25(2)30)23-16-15-21-27-20-14-13-19-26(27)18-11-10-17-24-29/h13-16,19-21,23-24,28H,3-12,17-18,22H2,1-2H3. The summed E-state index contributed by atoms with van der Waals surface area (Å²) in [6.07, 6.45) is 23.6. The predicted octanol–water partition coefficient (Wildman–Crippen LogP) is 7.63. The molecule has 1 rings (SSSR count). The molecule has 3 nitrogen and oxygen atoms in total. The Kier molecular flexibility index (Phi) is 16.1. The first-order valence-electron chi connectivity index (χ1n) is 12.2. The van der Waals surface area contributed by atoms with E-state index in [2.05, 4.69) is 31.2 Å². The van der Waals surface area contributed by atoms with Crippen LogP contribution in [-0.4, -0.2) is 18.4 Å². The molecule has 0 aliphatic heterocycles. The van der Waals surface area contributed by atoms with Gasteiger partial charge in [-0.15, -0.1) is 0 Å². The van der Waals surface area contributed by atoms with Crippen molar-refractivity contribution in [3.8, 4) is 0 Å². The van der Waals surface area contributed by atoms with Gasteiger partial charge >= 0.3 is 5.97 Å². The van der Waals surface area contributed by atoms with Crippen molar-refractivity contribution in [3.05, 3.63) is 53.6 Å². The summed E-state index contributed by atoms with van der Waals surface area (Å²) in [6.45, 7) is 3.72. The zero-order chi connectivity index (χ0) is 22.6. The van der Waals surface area contributed by atoms with Crippen molar-refractivity contribution in [3.63, 3.8) is 0 Å². The molecule has 0 N–H and O–H groups in total. The van der Waals surface area contributed by atoms with Gasteiger partial charge in [0.2, 0.25) is 0 Å². The number of hydrogen-bond donors (Lipinski definition) is 0. The first-order valence-corrected chi connectivity index (χ1v) is 12.2. The Morgan fingerprint density at radius 3 is 2.35 bits per heavy atom. The van der Waals surface area contributed by atoms with Crippen LogP contribution in [0.4, 0.5) is 0 Å². The molecule has 0 saturated carbocycles. The molecule has 1 aromatic rings. The Bertz CT molecular complexity index is 660. The third kappa shape index (κ3) is 14.5. The summed E-state index contributed by atoms with van der Waals surface area (Å²) in [7, 11) is 0. The molecule has 0 amide bonds. The molecule has 0 aliphatic carbocycles. The van der Waals surface area contributed by atoms with Crippen LogP contribution < -0.4 is 0 Å². The first-order chi connectivity index (χ1) is 15.2. The van der Waals surface area contributed by atoms with Crippen molar-refractivity contribution < 1.29 is 14.3 Å². The highest BCUT2D eigenvalue weighted by Crippen LogP contribution is 2.15. The lowest BCUT2D eigenvalue weighted by molar-refractivity contribution is -0.144. The van der Waals surface area contributed by atoms with Crippen LogP contribution in [0.15, 0.2) is 42.5 Å². The van der Waals surface area contributed by atoms with Crippen LogP contribution in [0.25, 0.3) is 6.08 Å². The SMILES string of the molecule is CCCCCCCCCCC(C=CC=Cc1ccccc1CCCCC=O)OC(C)=O. The van der Waals surface area contributed by atoms with Gasteiger partial charge in [-0.1, -0.05) is 94.4 Å². The normalized spacial score (nSPS) is 12.5. The molecule has 0 heterocycles. The zero-order valence-corrected chi connectivity index (χ0v) is 19.7. The zero-order valence-electron chi connectivity index (χ0n) is 19.7. The molecule has 0 fully saturated rings. The number of aldehydes is 1. The van der Waals surface area contributed by atoms with E-state index < -0.39 is 0 Å². The third-order valence-electron chi connectivity index (χ3n) is 5.45. The molecule has 31 heavy (non-hydrogen) atoms. The summed E-state index contributed by atoms with van der Waals surface area (Å²) >= 11 is 0. The second-order valence-corrected chi connectivity index (χ2v) is 8.27. The molecule has 0 saturated heterocycles. The van der Waals surface area contributed by atoms with Gasteiger partial charge in [0, 0.05) is 13.3 Å². The van der Waals surface area contributed by atoms with Gasteiger partial charge in [-0.25, -0.2) is 0 Å². The Hall–Kier alpha value is -2.16. The largest absolute Gasteiger partial charge is 0.458 e. The number of esters is 1. The second-order valence-electron chi connectivity index (χ2n) is 8.27. The van der Waals surface area contributed by atoms with Gasteiger partial charge in [0.1, 0.15) is 12.4 Å². The van der Waals surface area contributed by atoms with Crippen LogP contribution in [0, 0.1) is 0 Å². The van der Waals surface area contributed by atoms with E-state index in [4.69, 9.17) is 4.74 Å². The van der Waals surface area contributed by atoms with Crippen molar-refractivity contribution >= 4 is 18.3 Å².